The van der Waals surface area contributed by atoms with Crippen molar-refractivity contribution in [2.24, 2.45) is 0 Å². The Morgan fingerprint density at radius 1 is 1.41 bits per heavy atom. The molecule has 96 valence electrons. The molecule has 0 atom stereocenters. The van der Waals surface area contributed by atoms with Crippen molar-refractivity contribution in [3.8, 4) is 5.88 Å². The van der Waals surface area contributed by atoms with Crippen molar-refractivity contribution in [1.82, 2.24) is 9.97 Å². The highest BCUT2D eigenvalue weighted by molar-refractivity contribution is 6.18. The Morgan fingerprint density at radius 2 is 2.18 bits per heavy atom. The molecule has 0 radical (unpaired) electrons. The molecule has 0 aliphatic heterocycles. The zero-order valence-electron chi connectivity index (χ0n) is 10.7. The Kier molecular flexibility index (Phi) is 6.05. The maximum absolute atomic E-state index is 5.79. The van der Waals surface area contributed by atoms with Gasteiger partial charge in [-0.1, -0.05) is 6.92 Å². The first kappa shape index (κ1) is 14.0. The van der Waals surface area contributed by atoms with E-state index < -0.39 is 0 Å². The summed E-state index contributed by atoms with van der Waals surface area (Å²) < 4.78 is 5.47. The van der Waals surface area contributed by atoms with Gasteiger partial charge >= 0.3 is 0 Å². The average molecular weight is 258 g/mol. The lowest BCUT2D eigenvalue weighted by atomic mass is 10.3. The number of hydrogen-bond acceptors (Lipinski definition) is 4. The standard InChI is InChI=1S/C12H20ClN3O/c1-4-7-17-12-9-14-8-11(15-12)16(6-5-13)10(2)3/h8-10H,4-7H2,1-3H3. The van der Waals surface area contributed by atoms with E-state index in [-0.39, 0.29) is 0 Å². The van der Waals surface area contributed by atoms with E-state index in [0.717, 1.165) is 18.8 Å². The fourth-order valence-electron chi connectivity index (χ4n) is 1.48. The van der Waals surface area contributed by atoms with Crippen LogP contribution in [0, 0.1) is 0 Å². The van der Waals surface area contributed by atoms with Crippen LogP contribution in [0.4, 0.5) is 5.82 Å². The molecule has 17 heavy (non-hydrogen) atoms. The molecule has 1 aromatic heterocycles. The smallest absolute Gasteiger partial charge is 0.234 e. The van der Waals surface area contributed by atoms with Gasteiger partial charge in [-0.2, -0.15) is 4.98 Å². The molecule has 0 saturated heterocycles. The summed E-state index contributed by atoms with van der Waals surface area (Å²) in [6, 6.07) is 0.337. The molecule has 4 nitrogen and oxygen atoms in total. The number of halogens is 1. The first-order valence-electron chi connectivity index (χ1n) is 5.96. The van der Waals surface area contributed by atoms with Gasteiger partial charge in [-0.15, -0.1) is 11.6 Å². The van der Waals surface area contributed by atoms with E-state index in [1.54, 1.807) is 12.4 Å². The van der Waals surface area contributed by atoms with Crippen LogP contribution < -0.4 is 9.64 Å². The van der Waals surface area contributed by atoms with Crippen molar-refractivity contribution in [3.63, 3.8) is 0 Å². The van der Waals surface area contributed by atoms with Crippen LogP contribution in [0.2, 0.25) is 0 Å². The van der Waals surface area contributed by atoms with Gasteiger partial charge < -0.3 is 9.64 Å². The van der Waals surface area contributed by atoms with Crippen LogP contribution in [0.3, 0.4) is 0 Å². The summed E-state index contributed by atoms with van der Waals surface area (Å²) in [5, 5.41) is 0. The molecule has 0 aromatic carbocycles. The summed E-state index contributed by atoms with van der Waals surface area (Å²) in [5.41, 5.74) is 0. The molecule has 0 aliphatic carbocycles. The molecule has 0 bridgehead atoms. The van der Waals surface area contributed by atoms with Gasteiger partial charge in [-0.25, -0.2) is 0 Å². The molecular weight excluding hydrogens is 238 g/mol. The third-order valence-electron chi connectivity index (χ3n) is 2.30. The van der Waals surface area contributed by atoms with Gasteiger partial charge in [0.15, 0.2) is 5.82 Å². The Labute approximate surface area is 108 Å². The van der Waals surface area contributed by atoms with E-state index >= 15 is 0 Å². The third kappa shape index (κ3) is 4.38. The maximum atomic E-state index is 5.79. The minimum Gasteiger partial charge on any atom is -0.477 e. The maximum Gasteiger partial charge on any atom is 0.234 e. The summed E-state index contributed by atoms with van der Waals surface area (Å²) in [7, 11) is 0. The van der Waals surface area contributed by atoms with Crippen LogP contribution in [0.15, 0.2) is 12.4 Å². The summed E-state index contributed by atoms with van der Waals surface area (Å²) in [6.45, 7) is 7.69. The Bertz CT molecular complexity index is 333. The Balaban J connectivity index is 2.80. The van der Waals surface area contributed by atoms with Crippen LogP contribution in [0.1, 0.15) is 27.2 Å². The van der Waals surface area contributed by atoms with E-state index in [2.05, 4.69) is 35.6 Å². The quantitative estimate of drug-likeness (QED) is 0.704. The predicted octanol–water partition coefficient (Wildman–Crippen LogP) is 2.72. The fraction of sp³-hybridized carbons (Fsp3) is 0.667. The summed E-state index contributed by atoms with van der Waals surface area (Å²) in [4.78, 5) is 10.7. The molecule has 1 rings (SSSR count). The predicted molar refractivity (Wildman–Crippen MR) is 71.0 cm³/mol. The average Bonchev–Trinajstić information content (AvgIpc) is 2.33. The van der Waals surface area contributed by atoms with Crippen LogP contribution >= 0.6 is 11.6 Å². The fourth-order valence-corrected chi connectivity index (χ4v) is 1.66. The first-order valence-corrected chi connectivity index (χ1v) is 6.50. The van der Waals surface area contributed by atoms with Crippen molar-refractivity contribution in [3.05, 3.63) is 12.4 Å². The molecule has 0 amide bonds. The minimum absolute atomic E-state index is 0.337. The molecule has 0 N–H and O–H groups in total. The molecule has 1 heterocycles. The van der Waals surface area contributed by atoms with Gasteiger partial charge in [-0.05, 0) is 20.3 Å². The number of rotatable bonds is 7. The number of nitrogens with zero attached hydrogens (tertiary/aromatic N) is 3. The second-order valence-corrected chi connectivity index (χ2v) is 4.42. The molecular formula is C12H20ClN3O. The van der Waals surface area contributed by atoms with Crippen molar-refractivity contribution < 1.29 is 4.74 Å². The highest BCUT2D eigenvalue weighted by Crippen LogP contribution is 2.16. The summed E-state index contributed by atoms with van der Waals surface area (Å²) in [6.07, 6.45) is 4.34. The zero-order valence-corrected chi connectivity index (χ0v) is 11.4. The van der Waals surface area contributed by atoms with Crippen LogP contribution in [-0.2, 0) is 0 Å². The Hall–Kier alpha value is -1.03. The van der Waals surface area contributed by atoms with Crippen LogP contribution in [-0.4, -0.2) is 35.0 Å². The van der Waals surface area contributed by atoms with Gasteiger partial charge in [0.05, 0.1) is 19.0 Å². The van der Waals surface area contributed by atoms with E-state index in [1.807, 2.05) is 0 Å². The van der Waals surface area contributed by atoms with E-state index in [4.69, 9.17) is 16.3 Å². The highest BCUT2D eigenvalue weighted by atomic mass is 35.5. The lowest BCUT2D eigenvalue weighted by Gasteiger charge is -2.26. The van der Waals surface area contributed by atoms with E-state index in [9.17, 15) is 0 Å². The molecule has 0 saturated carbocycles. The SMILES string of the molecule is CCCOc1cncc(N(CCCl)C(C)C)n1. The molecule has 0 unspecified atom stereocenters. The lowest BCUT2D eigenvalue weighted by molar-refractivity contribution is 0.304. The van der Waals surface area contributed by atoms with Gasteiger partial charge in [0.25, 0.3) is 0 Å². The van der Waals surface area contributed by atoms with Crippen molar-refractivity contribution in [1.29, 1.82) is 0 Å². The topological polar surface area (TPSA) is 38.2 Å². The van der Waals surface area contributed by atoms with Crippen LogP contribution in [0.25, 0.3) is 0 Å². The van der Waals surface area contributed by atoms with Crippen molar-refractivity contribution in [2.75, 3.05) is 23.9 Å². The summed E-state index contributed by atoms with van der Waals surface area (Å²) >= 11 is 5.79. The molecule has 5 heteroatoms. The molecule has 0 spiro atoms. The number of ether oxygens (including phenoxy) is 1. The summed E-state index contributed by atoms with van der Waals surface area (Å²) in [5.74, 6) is 1.96. The van der Waals surface area contributed by atoms with Gasteiger partial charge in [0.2, 0.25) is 5.88 Å². The van der Waals surface area contributed by atoms with Gasteiger partial charge in [-0.3, -0.25) is 4.98 Å². The largest absolute Gasteiger partial charge is 0.477 e. The third-order valence-corrected chi connectivity index (χ3v) is 2.47. The number of hydrogen-bond donors (Lipinski definition) is 0. The van der Waals surface area contributed by atoms with Crippen LogP contribution in [0.5, 0.6) is 5.88 Å². The minimum atomic E-state index is 0.337. The van der Waals surface area contributed by atoms with Crippen molar-refractivity contribution >= 4 is 17.4 Å². The normalized spacial score (nSPS) is 10.6. The zero-order chi connectivity index (χ0) is 12.7. The Morgan fingerprint density at radius 3 is 2.76 bits per heavy atom. The second-order valence-electron chi connectivity index (χ2n) is 4.04. The molecule has 0 fully saturated rings. The van der Waals surface area contributed by atoms with Crippen molar-refractivity contribution in [2.45, 2.75) is 33.2 Å². The number of alkyl halides is 1. The second kappa shape index (κ2) is 7.33. The van der Waals surface area contributed by atoms with E-state index in [0.29, 0.717) is 24.4 Å². The highest BCUT2D eigenvalue weighted by Gasteiger charge is 2.12. The van der Waals surface area contributed by atoms with Gasteiger partial charge in [0.1, 0.15) is 0 Å². The lowest BCUT2D eigenvalue weighted by Crippen LogP contribution is -2.33. The number of anilines is 1. The first-order chi connectivity index (χ1) is 8.19. The monoisotopic (exact) mass is 257 g/mol. The van der Waals surface area contributed by atoms with E-state index in [1.165, 1.54) is 0 Å². The number of aromatic nitrogens is 2. The molecule has 0 aliphatic rings. The van der Waals surface area contributed by atoms with Gasteiger partial charge in [0, 0.05) is 18.5 Å². The molecule has 1 aromatic rings.